The van der Waals surface area contributed by atoms with Gasteiger partial charge in [-0.3, -0.25) is 24.6 Å². The summed E-state index contributed by atoms with van der Waals surface area (Å²) in [6.45, 7) is 13.1. The molecule has 3 aliphatic rings. The van der Waals surface area contributed by atoms with Gasteiger partial charge in [-0.25, -0.2) is 27.8 Å². The number of imide groups is 1. The van der Waals surface area contributed by atoms with Gasteiger partial charge in [-0.05, 0) is 111 Å². The number of benzene rings is 2. The molecule has 63 heavy (non-hydrogen) atoms. The third kappa shape index (κ3) is 10.6. The molecule has 2 aromatic carbocycles. The summed E-state index contributed by atoms with van der Waals surface area (Å²) in [6, 6.07) is 17.0. The molecule has 2 amide bonds. The second-order valence-corrected chi connectivity index (χ2v) is 20.9. The monoisotopic (exact) mass is 893 g/mol. The summed E-state index contributed by atoms with van der Waals surface area (Å²) in [6.07, 6.45) is 11.1. The van der Waals surface area contributed by atoms with Crippen LogP contribution < -0.4 is 20.3 Å². The number of thiazole rings is 1. The Labute approximate surface area is 373 Å². The van der Waals surface area contributed by atoms with E-state index in [0.717, 1.165) is 80.4 Å². The lowest BCUT2D eigenvalue weighted by molar-refractivity contribution is -0.134. The Kier molecular flexibility index (Phi) is 13.2. The van der Waals surface area contributed by atoms with E-state index in [1.54, 1.807) is 37.5 Å². The molecule has 0 spiro atoms. The van der Waals surface area contributed by atoms with Gasteiger partial charge < -0.3 is 15.1 Å². The Morgan fingerprint density at radius 3 is 2.40 bits per heavy atom. The number of nitrogens with zero attached hydrogens (tertiary/aromatic N) is 6. The molecule has 332 valence electrons. The van der Waals surface area contributed by atoms with Crippen LogP contribution in [0.5, 0.6) is 0 Å². The van der Waals surface area contributed by atoms with E-state index in [2.05, 4.69) is 65.5 Å². The Balaban J connectivity index is 0.862. The first-order chi connectivity index (χ1) is 30.2. The van der Waals surface area contributed by atoms with E-state index in [1.165, 1.54) is 23.0 Å². The van der Waals surface area contributed by atoms with Gasteiger partial charge in [0, 0.05) is 55.1 Å². The number of pyridine rings is 1. The van der Waals surface area contributed by atoms with E-state index in [0.29, 0.717) is 53.3 Å². The number of halogens is 1. The lowest BCUT2D eigenvalue weighted by Crippen LogP contribution is -2.41. The Morgan fingerprint density at radius 2 is 1.68 bits per heavy atom. The molecule has 3 aliphatic heterocycles. The molecule has 3 fully saturated rings. The number of hydrogen-bond acceptors (Lipinski definition) is 12. The highest BCUT2D eigenvalue weighted by Crippen LogP contribution is 2.42. The summed E-state index contributed by atoms with van der Waals surface area (Å²) < 4.78 is 43.6. The van der Waals surface area contributed by atoms with Gasteiger partial charge in [0.2, 0.25) is 27.8 Å². The second-order valence-electron chi connectivity index (χ2n) is 18.0. The highest BCUT2D eigenvalue weighted by Gasteiger charge is 2.31. The summed E-state index contributed by atoms with van der Waals surface area (Å²) in [4.78, 5) is 48.4. The molecule has 3 N–H and O–H groups in total. The van der Waals surface area contributed by atoms with Crippen molar-refractivity contribution in [1.82, 2.24) is 30.2 Å². The van der Waals surface area contributed by atoms with E-state index >= 15 is 4.39 Å². The zero-order chi connectivity index (χ0) is 44.3. The van der Waals surface area contributed by atoms with Crippen LogP contribution in [-0.2, 0) is 25.0 Å². The highest BCUT2D eigenvalue weighted by molar-refractivity contribution is 7.92. The third-order valence-corrected chi connectivity index (χ3v) is 15.2. The Hall–Kier alpha value is -5.32. The van der Waals surface area contributed by atoms with Crippen molar-refractivity contribution in [3.63, 3.8) is 0 Å². The molecule has 3 aromatic heterocycles. The van der Waals surface area contributed by atoms with E-state index in [-0.39, 0.29) is 40.2 Å². The molecule has 1 atom stereocenters. The van der Waals surface area contributed by atoms with Crippen molar-refractivity contribution in [2.24, 2.45) is 5.92 Å². The van der Waals surface area contributed by atoms with Crippen molar-refractivity contribution < 1.29 is 22.4 Å². The van der Waals surface area contributed by atoms with Gasteiger partial charge in [0.25, 0.3) is 0 Å². The number of nitrogens with one attached hydrogen (secondary N) is 3. The molecule has 13 nitrogen and oxygen atoms in total. The van der Waals surface area contributed by atoms with Gasteiger partial charge in [0.1, 0.15) is 0 Å². The first-order valence-electron chi connectivity index (χ1n) is 22.0. The van der Waals surface area contributed by atoms with E-state index in [4.69, 9.17) is 9.97 Å². The lowest BCUT2D eigenvalue weighted by Gasteiger charge is -2.38. The summed E-state index contributed by atoms with van der Waals surface area (Å²) in [5, 5.41) is 6.62. The van der Waals surface area contributed by atoms with Crippen molar-refractivity contribution in [2.45, 2.75) is 89.9 Å². The number of carbonyl (C=O) groups is 2. The SMILES string of the molecule is CCCS(=O)(=O)Nc1cccc(-c2nc(C(C)(C)C)sc2-c2ccnc(Nc3ccc(C4CCN(CC5CCN(c6cncc([C@H]7CCC(=O)NC7=O)c6)CC5)CC4)cc3)n2)c1F. The molecule has 6 heterocycles. The number of amides is 2. The van der Waals surface area contributed by atoms with Crippen LogP contribution in [-0.4, -0.2) is 83.5 Å². The number of aromatic nitrogens is 4. The van der Waals surface area contributed by atoms with Crippen LogP contribution in [0.15, 0.2) is 73.2 Å². The number of piperidine rings is 3. The van der Waals surface area contributed by atoms with Crippen molar-refractivity contribution in [2.75, 3.05) is 53.4 Å². The topological polar surface area (TPSA) is 162 Å². The zero-order valence-corrected chi connectivity index (χ0v) is 38.0. The maximum Gasteiger partial charge on any atom is 0.234 e. The number of sulfonamides is 1. The van der Waals surface area contributed by atoms with E-state index < -0.39 is 15.8 Å². The van der Waals surface area contributed by atoms with Gasteiger partial charge in [0.05, 0.1) is 50.5 Å². The first kappa shape index (κ1) is 44.3. The number of hydrogen-bond donors (Lipinski definition) is 3. The number of likely N-dealkylation sites (tertiary alicyclic amines) is 1. The van der Waals surface area contributed by atoms with Crippen LogP contribution in [0.3, 0.4) is 0 Å². The predicted molar refractivity (Wildman–Crippen MR) is 247 cm³/mol. The smallest absolute Gasteiger partial charge is 0.234 e. The average molecular weight is 894 g/mol. The molecular weight excluding hydrogens is 838 g/mol. The highest BCUT2D eigenvalue weighted by atomic mass is 32.2. The van der Waals surface area contributed by atoms with Crippen molar-refractivity contribution in [1.29, 1.82) is 0 Å². The fraction of sp³-hybridized carbons (Fsp3) is 0.447. The fourth-order valence-electron chi connectivity index (χ4n) is 8.80. The maximum atomic E-state index is 16.1. The molecule has 5 aromatic rings. The fourth-order valence-corrected chi connectivity index (χ4v) is 11.0. The average Bonchev–Trinajstić information content (AvgIpc) is 3.72. The molecular formula is C47H56FN9O4S2. The molecule has 8 rings (SSSR count). The van der Waals surface area contributed by atoms with Crippen LogP contribution in [0, 0.1) is 11.7 Å². The van der Waals surface area contributed by atoms with Gasteiger partial charge in [-0.1, -0.05) is 45.9 Å². The minimum absolute atomic E-state index is 0.108. The summed E-state index contributed by atoms with van der Waals surface area (Å²) in [5.41, 5.74) is 4.83. The van der Waals surface area contributed by atoms with Gasteiger partial charge in [-0.15, -0.1) is 11.3 Å². The molecule has 0 aliphatic carbocycles. The lowest BCUT2D eigenvalue weighted by atomic mass is 9.88. The standard InChI is InChI=1S/C47H56FN9O4S2/c1-5-25-63(60,61)55-38-8-6-7-37(41(38)48)42-43(62-45(54-42)47(2,3)4)39-15-20-50-46(52-39)51-34-11-9-31(10-12-34)32-18-21-56(22-19-32)29-30-16-23-57(24-17-30)35-26-33(27-49-28-35)36-13-14-40(58)53-44(36)59/h6-12,15,20,26-28,30,32,36,55H,5,13-14,16-19,21-25,29H2,1-4H3,(H,50,51,52)(H,53,58,59)/t36-/m1/s1. The minimum Gasteiger partial charge on any atom is -0.370 e. The van der Waals surface area contributed by atoms with Crippen LogP contribution in [0.1, 0.15) is 101 Å². The molecule has 0 radical (unpaired) electrons. The van der Waals surface area contributed by atoms with Crippen molar-refractivity contribution in [3.05, 3.63) is 95.1 Å². The van der Waals surface area contributed by atoms with Gasteiger partial charge in [-0.2, -0.15) is 0 Å². The van der Waals surface area contributed by atoms with Crippen LogP contribution >= 0.6 is 11.3 Å². The number of anilines is 4. The summed E-state index contributed by atoms with van der Waals surface area (Å²) in [5.74, 6) is -0.0244. The van der Waals surface area contributed by atoms with E-state index in [1.807, 2.05) is 27.0 Å². The summed E-state index contributed by atoms with van der Waals surface area (Å²) >= 11 is 1.44. The van der Waals surface area contributed by atoms with Crippen LogP contribution in [0.4, 0.5) is 27.4 Å². The Bertz CT molecular complexity index is 2550. The van der Waals surface area contributed by atoms with Gasteiger partial charge in [0.15, 0.2) is 5.82 Å². The molecule has 3 saturated heterocycles. The maximum absolute atomic E-state index is 16.1. The predicted octanol–water partition coefficient (Wildman–Crippen LogP) is 8.61. The van der Waals surface area contributed by atoms with Gasteiger partial charge >= 0.3 is 0 Å². The number of carbonyl (C=O) groups excluding carboxylic acids is 2. The Morgan fingerprint density at radius 1 is 0.921 bits per heavy atom. The molecule has 0 saturated carbocycles. The summed E-state index contributed by atoms with van der Waals surface area (Å²) in [7, 11) is -3.71. The van der Waals surface area contributed by atoms with Crippen molar-refractivity contribution in [3.8, 4) is 21.8 Å². The second kappa shape index (κ2) is 18.8. The van der Waals surface area contributed by atoms with Crippen LogP contribution in [0.2, 0.25) is 0 Å². The largest absolute Gasteiger partial charge is 0.370 e. The minimum atomic E-state index is -3.71. The number of rotatable bonds is 13. The third-order valence-electron chi connectivity index (χ3n) is 12.3. The van der Waals surface area contributed by atoms with Crippen LogP contribution in [0.25, 0.3) is 21.8 Å². The molecule has 16 heteroatoms. The molecule has 0 bridgehead atoms. The quantitative estimate of drug-likeness (QED) is 0.0971. The zero-order valence-electron chi connectivity index (χ0n) is 36.4. The van der Waals surface area contributed by atoms with E-state index in [9.17, 15) is 18.0 Å². The molecule has 0 unspecified atom stereocenters. The first-order valence-corrected chi connectivity index (χ1v) is 24.5. The van der Waals surface area contributed by atoms with Crippen molar-refractivity contribution >= 4 is 56.2 Å². The normalized spacial score (nSPS) is 18.4.